The predicted octanol–water partition coefficient (Wildman–Crippen LogP) is 2.19. The number of amides is 1. The van der Waals surface area contributed by atoms with E-state index in [-0.39, 0.29) is 17.2 Å². The number of carboxylic acid groups (broad SMARTS) is 1. The normalized spacial score (nSPS) is 16.5. The van der Waals surface area contributed by atoms with Crippen LogP contribution in [-0.2, 0) is 0 Å². The molecule has 0 aliphatic carbocycles. The molecule has 1 saturated heterocycles. The molecule has 0 bridgehead atoms. The lowest BCUT2D eigenvalue weighted by atomic mass is 10.1. The summed E-state index contributed by atoms with van der Waals surface area (Å²) in [4.78, 5) is 29.0. The minimum Gasteiger partial charge on any atom is -0.478 e. The third-order valence-electron chi connectivity index (χ3n) is 3.37. The lowest BCUT2D eigenvalue weighted by molar-refractivity contribution is 0.0696. The molecule has 2 rings (SSSR count). The summed E-state index contributed by atoms with van der Waals surface area (Å²) in [6.07, 6.45) is 6.91. The van der Waals surface area contributed by atoms with Crippen molar-refractivity contribution in [3.05, 3.63) is 29.6 Å². The van der Waals surface area contributed by atoms with E-state index in [1.54, 1.807) is 4.90 Å². The van der Waals surface area contributed by atoms with Crippen LogP contribution in [0.25, 0.3) is 0 Å². The van der Waals surface area contributed by atoms with Crippen LogP contribution in [0.3, 0.4) is 0 Å². The number of rotatable bonds is 2. The molecule has 1 aromatic rings. The van der Waals surface area contributed by atoms with Crippen LogP contribution in [-0.4, -0.2) is 40.0 Å². The van der Waals surface area contributed by atoms with Crippen LogP contribution in [0.15, 0.2) is 18.3 Å². The highest BCUT2D eigenvalue weighted by atomic mass is 16.4. The summed E-state index contributed by atoms with van der Waals surface area (Å²) >= 11 is 0. The zero-order valence-corrected chi connectivity index (χ0v) is 10.8. The summed E-state index contributed by atoms with van der Waals surface area (Å²) in [5, 5.41) is 8.93. The van der Waals surface area contributed by atoms with Crippen LogP contribution in [0.5, 0.6) is 0 Å². The number of pyridine rings is 1. The Morgan fingerprint density at radius 3 is 2.37 bits per heavy atom. The van der Waals surface area contributed by atoms with Crippen LogP contribution in [0.2, 0.25) is 0 Å². The van der Waals surface area contributed by atoms with Crippen molar-refractivity contribution in [2.45, 2.75) is 32.1 Å². The number of hydrogen-bond acceptors (Lipinski definition) is 3. The maximum Gasteiger partial charge on any atom is 0.335 e. The molecule has 0 aromatic carbocycles. The molecule has 5 heteroatoms. The van der Waals surface area contributed by atoms with Gasteiger partial charge in [-0.15, -0.1) is 0 Å². The second-order valence-electron chi connectivity index (χ2n) is 4.79. The van der Waals surface area contributed by atoms with Crippen molar-refractivity contribution in [3.63, 3.8) is 0 Å². The van der Waals surface area contributed by atoms with E-state index in [0.717, 1.165) is 38.8 Å². The van der Waals surface area contributed by atoms with E-state index in [1.807, 2.05) is 0 Å². The maximum atomic E-state index is 12.3. The molecular weight excluding hydrogens is 244 g/mol. The Hall–Kier alpha value is -1.91. The van der Waals surface area contributed by atoms with Gasteiger partial charge in [0.1, 0.15) is 5.69 Å². The van der Waals surface area contributed by atoms with E-state index < -0.39 is 5.97 Å². The van der Waals surface area contributed by atoms with Crippen molar-refractivity contribution in [2.75, 3.05) is 13.1 Å². The molecule has 102 valence electrons. The maximum absolute atomic E-state index is 12.3. The lowest BCUT2D eigenvalue weighted by Gasteiger charge is -2.24. The highest BCUT2D eigenvalue weighted by Crippen LogP contribution is 2.13. The monoisotopic (exact) mass is 262 g/mol. The predicted molar refractivity (Wildman–Crippen MR) is 70.2 cm³/mol. The number of likely N-dealkylation sites (tertiary alicyclic amines) is 1. The second-order valence-corrected chi connectivity index (χ2v) is 4.79. The van der Waals surface area contributed by atoms with Crippen LogP contribution < -0.4 is 0 Å². The summed E-state index contributed by atoms with van der Waals surface area (Å²) in [6.45, 7) is 1.47. The molecule has 0 saturated carbocycles. The molecule has 19 heavy (non-hydrogen) atoms. The Labute approximate surface area is 112 Å². The first-order chi connectivity index (χ1) is 9.18. The zero-order valence-electron chi connectivity index (χ0n) is 10.8. The Bertz CT molecular complexity index is 466. The minimum absolute atomic E-state index is 0.102. The molecule has 1 amide bonds. The topological polar surface area (TPSA) is 70.5 Å². The summed E-state index contributed by atoms with van der Waals surface area (Å²) < 4.78 is 0. The number of nitrogens with zero attached hydrogens (tertiary/aromatic N) is 2. The zero-order chi connectivity index (χ0) is 13.7. The van der Waals surface area contributed by atoms with Crippen molar-refractivity contribution in [2.24, 2.45) is 0 Å². The molecular formula is C14H18N2O3. The van der Waals surface area contributed by atoms with E-state index in [9.17, 15) is 9.59 Å². The van der Waals surface area contributed by atoms with Crippen molar-refractivity contribution in [3.8, 4) is 0 Å². The van der Waals surface area contributed by atoms with E-state index in [2.05, 4.69) is 4.98 Å². The number of carbonyl (C=O) groups is 2. The van der Waals surface area contributed by atoms with Gasteiger partial charge >= 0.3 is 5.97 Å². The number of carboxylic acids is 1. The Morgan fingerprint density at radius 1 is 1.11 bits per heavy atom. The number of aromatic nitrogens is 1. The van der Waals surface area contributed by atoms with Crippen molar-refractivity contribution >= 4 is 11.9 Å². The molecule has 1 N–H and O–H groups in total. The van der Waals surface area contributed by atoms with Gasteiger partial charge in [0.15, 0.2) is 0 Å². The fraction of sp³-hybridized carbons (Fsp3) is 0.500. The Morgan fingerprint density at radius 2 is 1.74 bits per heavy atom. The Kier molecular flexibility index (Phi) is 4.49. The van der Waals surface area contributed by atoms with Gasteiger partial charge in [0, 0.05) is 19.3 Å². The summed E-state index contributed by atoms with van der Waals surface area (Å²) in [5.74, 6) is -1.20. The fourth-order valence-corrected chi connectivity index (χ4v) is 2.29. The molecule has 0 atom stereocenters. The summed E-state index contributed by atoms with van der Waals surface area (Å²) in [5.41, 5.74) is 0.325. The third-order valence-corrected chi connectivity index (χ3v) is 3.37. The van der Waals surface area contributed by atoms with Crippen LogP contribution >= 0.6 is 0 Å². The van der Waals surface area contributed by atoms with Gasteiger partial charge in [-0.25, -0.2) is 4.79 Å². The van der Waals surface area contributed by atoms with E-state index in [0.29, 0.717) is 0 Å². The average Bonchev–Trinajstić information content (AvgIpc) is 2.38. The first kappa shape index (κ1) is 13.5. The van der Waals surface area contributed by atoms with Gasteiger partial charge in [-0.1, -0.05) is 19.3 Å². The highest BCUT2D eigenvalue weighted by molar-refractivity contribution is 5.95. The molecule has 1 aliphatic heterocycles. The molecule has 0 radical (unpaired) electrons. The van der Waals surface area contributed by atoms with Gasteiger partial charge in [-0.3, -0.25) is 9.78 Å². The van der Waals surface area contributed by atoms with E-state index in [4.69, 9.17) is 5.11 Å². The largest absolute Gasteiger partial charge is 0.478 e. The van der Waals surface area contributed by atoms with Gasteiger partial charge in [-0.2, -0.15) is 0 Å². The molecule has 1 aromatic heterocycles. The van der Waals surface area contributed by atoms with Crippen LogP contribution in [0.1, 0.15) is 53.0 Å². The first-order valence-corrected chi connectivity index (χ1v) is 6.67. The lowest BCUT2D eigenvalue weighted by Crippen LogP contribution is -2.34. The number of hydrogen-bond donors (Lipinski definition) is 1. The first-order valence-electron chi connectivity index (χ1n) is 6.67. The van der Waals surface area contributed by atoms with Crippen molar-refractivity contribution < 1.29 is 14.7 Å². The third kappa shape index (κ3) is 3.53. The van der Waals surface area contributed by atoms with Gasteiger partial charge in [0.2, 0.25) is 0 Å². The minimum atomic E-state index is -1.04. The van der Waals surface area contributed by atoms with Gasteiger partial charge in [-0.05, 0) is 25.0 Å². The Balaban J connectivity index is 2.13. The van der Waals surface area contributed by atoms with Gasteiger partial charge < -0.3 is 10.0 Å². The second kappa shape index (κ2) is 6.31. The number of aromatic carboxylic acids is 1. The fourth-order valence-electron chi connectivity index (χ4n) is 2.29. The summed E-state index contributed by atoms with van der Waals surface area (Å²) in [7, 11) is 0. The highest BCUT2D eigenvalue weighted by Gasteiger charge is 2.18. The summed E-state index contributed by atoms with van der Waals surface area (Å²) in [6, 6.07) is 2.75. The van der Waals surface area contributed by atoms with Crippen molar-refractivity contribution in [1.29, 1.82) is 0 Å². The SMILES string of the molecule is O=C(O)c1ccnc(C(=O)N2CCCCCCC2)c1. The van der Waals surface area contributed by atoms with Gasteiger partial charge in [0.25, 0.3) is 5.91 Å². The molecule has 2 heterocycles. The van der Waals surface area contributed by atoms with Crippen LogP contribution in [0, 0.1) is 0 Å². The van der Waals surface area contributed by atoms with Gasteiger partial charge in [0.05, 0.1) is 5.56 Å². The molecule has 1 fully saturated rings. The molecule has 5 nitrogen and oxygen atoms in total. The van der Waals surface area contributed by atoms with E-state index >= 15 is 0 Å². The smallest absolute Gasteiger partial charge is 0.335 e. The standard InChI is InChI=1S/C14H18N2O3/c17-13(16-8-4-2-1-3-5-9-16)12-10-11(14(18)19)6-7-15-12/h6-7,10H,1-5,8-9H2,(H,18,19). The molecule has 1 aliphatic rings. The quantitative estimate of drug-likeness (QED) is 0.886. The van der Waals surface area contributed by atoms with Crippen LogP contribution in [0.4, 0.5) is 0 Å². The molecule has 0 unspecified atom stereocenters. The van der Waals surface area contributed by atoms with Crippen molar-refractivity contribution in [1.82, 2.24) is 9.88 Å². The average molecular weight is 262 g/mol. The number of carbonyl (C=O) groups excluding carboxylic acids is 1. The molecule has 0 spiro atoms. The van der Waals surface area contributed by atoms with E-state index in [1.165, 1.54) is 24.8 Å².